The van der Waals surface area contributed by atoms with Gasteiger partial charge < -0.3 is 5.32 Å². The van der Waals surface area contributed by atoms with Gasteiger partial charge in [-0.3, -0.25) is 9.10 Å². The van der Waals surface area contributed by atoms with Gasteiger partial charge in [-0.05, 0) is 54.3 Å². The van der Waals surface area contributed by atoms with Crippen molar-refractivity contribution in [1.29, 1.82) is 0 Å². The first-order chi connectivity index (χ1) is 14.8. The summed E-state index contributed by atoms with van der Waals surface area (Å²) in [4.78, 5) is 13.0. The van der Waals surface area contributed by atoms with Crippen LogP contribution in [0.4, 0.5) is 20.2 Å². The minimum atomic E-state index is -4.05. The maximum absolute atomic E-state index is 14.0. The molecular weight excluding hydrogens is 422 g/mol. The summed E-state index contributed by atoms with van der Waals surface area (Å²) < 4.78 is 55.5. The van der Waals surface area contributed by atoms with Gasteiger partial charge in [0.05, 0.1) is 17.1 Å². The number of para-hydroxylation sites is 2. The van der Waals surface area contributed by atoms with E-state index in [-0.39, 0.29) is 17.7 Å². The molecule has 3 aromatic carbocycles. The summed E-state index contributed by atoms with van der Waals surface area (Å²) in [7, 11) is -4.05. The van der Waals surface area contributed by atoms with Crippen LogP contribution >= 0.6 is 0 Å². The summed E-state index contributed by atoms with van der Waals surface area (Å²) in [6.07, 6.45) is 0.733. The van der Waals surface area contributed by atoms with Gasteiger partial charge in [0.1, 0.15) is 17.7 Å². The lowest BCUT2D eigenvalue weighted by atomic mass is 9.97. The highest BCUT2D eigenvalue weighted by atomic mass is 32.2. The fourth-order valence-corrected chi connectivity index (χ4v) is 5.59. The van der Waals surface area contributed by atoms with Crippen molar-refractivity contribution in [3.05, 3.63) is 95.6 Å². The molecule has 4 rings (SSSR count). The number of nitrogens with zero attached hydrogens (tertiary/aromatic N) is 1. The number of benzene rings is 3. The van der Waals surface area contributed by atoms with Crippen molar-refractivity contribution in [2.24, 2.45) is 0 Å². The fourth-order valence-electron chi connectivity index (χ4n) is 3.78. The van der Waals surface area contributed by atoms with E-state index in [1.165, 1.54) is 36.4 Å². The maximum Gasteiger partial charge on any atom is 0.248 e. The van der Waals surface area contributed by atoms with Gasteiger partial charge in [-0.2, -0.15) is 0 Å². The van der Waals surface area contributed by atoms with Crippen LogP contribution < -0.4 is 9.62 Å². The van der Waals surface area contributed by atoms with Crippen molar-refractivity contribution in [3.63, 3.8) is 0 Å². The smallest absolute Gasteiger partial charge is 0.248 e. The molecule has 0 fully saturated rings. The van der Waals surface area contributed by atoms with E-state index < -0.39 is 39.4 Å². The molecule has 1 unspecified atom stereocenters. The van der Waals surface area contributed by atoms with E-state index in [0.29, 0.717) is 12.1 Å². The van der Waals surface area contributed by atoms with E-state index in [4.69, 9.17) is 0 Å². The molecule has 0 saturated heterocycles. The Morgan fingerprint density at radius 1 is 1.00 bits per heavy atom. The monoisotopic (exact) mass is 442 g/mol. The minimum Gasteiger partial charge on any atom is -0.322 e. The van der Waals surface area contributed by atoms with Crippen LogP contribution in [0.5, 0.6) is 0 Å². The second kappa shape index (κ2) is 8.47. The number of amides is 1. The molecule has 3 aromatic rings. The van der Waals surface area contributed by atoms with Crippen molar-refractivity contribution in [2.45, 2.75) is 24.6 Å². The number of nitrogens with one attached hydrogen (secondary N) is 1. The van der Waals surface area contributed by atoms with Crippen molar-refractivity contribution >= 4 is 27.3 Å². The molecule has 1 atom stereocenters. The van der Waals surface area contributed by atoms with E-state index in [1.807, 2.05) is 6.07 Å². The maximum atomic E-state index is 14.0. The van der Waals surface area contributed by atoms with Crippen LogP contribution in [0.3, 0.4) is 0 Å². The molecule has 1 aliphatic rings. The van der Waals surface area contributed by atoms with Crippen LogP contribution in [0.25, 0.3) is 0 Å². The molecule has 0 spiro atoms. The summed E-state index contributed by atoms with van der Waals surface area (Å²) in [5.74, 6) is -2.24. The number of aryl methyl sites for hydroxylation is 1. The summed E-state index contributed by atoms with van der Waals surface area (Å²) in [5.41, 5.74) is 1.45. The Balaban J connectivity index is 1.71. The number of hydrogen-bond donors (Lipinski definition) is 1. The molecule has 31 heavy (non-hydrogen) atoms. The van der Waals surface area contributed by atoms with Crippen LogP contribution in [-0.4, -0.2) is 20.4 Å². The van der Waals surface area contributed by atoms with Crippen LogP contribution in [0.1, 0.15) is 17.5 Å². The zero-order valence-corrected chi connectivity index (χ0v) is 17.3. The topological polar surface area (TPSA) is 66.5 Å². The predicted molar refractivity (Wildman–Crippen MR) is 115 cm³/mol. The van der Waals surface area contributed by atoms with Gasteiger partial charge >= 0.3 is 0 Å². The molecule has 1 heterocycles. The Kier molecular flexibility index (Phi) is 5.73. The second-order valence-electron chi connectivity index (χ2n) is 7.33. The lowest BCUT2D eigenvalue weighted by molar-refractivity contribution is -0.117. The molecule has 1 aliphatic heterocycles. The van der Waals surface area contributed by atoms with Gasteiger partial charge in [-0.25, -0.2) is 17.2 Å². The lowest BCUT2D eigenvalue weighted by Crippen LogP contribution is -2.50. The Morgan fingerprint density at radius 3 is 2.52 bits per heavy atom. The van der Waals surface area contributed by atoms with E-state index in [9.17, 15) is 22.0 Å². The second-order valence-corrected chi connectivity index (χ2v) is 9.18. The highest BCUT2D eigenvalue weighted by Crippen LogP contribution is 2.34. The number of halogens is 2. The third-order valence-corrected chi connectivity index (χ3v) is 6.92. The molecule has 0 radical (unpaired) electrons. The number of carbonyl (C=O) groups excluding carboxylic acids is 1. The van der Waals surface area contributed by atoms with Crippen LogP contribution in [0.15, 0.2) is 72.8 Å². The molecule has 8 heteroatoms. The SMILES string of the molecule is O=C(Nc1ccccc1F)C1CCc2ccccc2N1S(=O)(=O)Cc1cccc(F)c1. The Hall–Kier alpha value is -3.26. The number of carbonyl (C=O) groups is 1. The first-order valence-corrected chi connectivity index (χ1v) is 11.4. The van der Waals surface area contributed by atoms with Crippen molar-refractivity contribution in [1.82, 2.24) is 0 Å². The summed E-state index contributed by atoms with van der Waals surface area (Å²) >= 11 is 0. The van der Waals surface area contributed by atoms with Crippen molar-refractivity contribution in [3.8, 4) is 0 Å². The van der Waals surface area contributed by atoms with Gasteiger partial charge in [0.25, 0.3) is 0 Å². The van der Waals surface area contributed by atoms with Crippen LogP contribution in [0, 0.1) is 11.6 Å². The summed E-state index contributed by atoms with van der Waals surface area (Å²) in [6, 6.07) is 16.9. The van der Waals surface area contributed by atoms with Crippen LogP contribution in [0.2, 0.25) is 0 Å². The molecule has 5 nitrogen and oxygen atoms in total. The third kappa shape index (κ3) is 4.44. The third-order valence-electron chi connectivity index (χ3n) is 5.17. The average Bonchev–Trinajstić information content (AvgIpc) is 2.74. The standard InChI is InChI=1S/C23H20F2N2O3S/c24-18-8-5-6-16(14-18)15-31(29,30)27-21-11-4-1-7-17(21)12-13-22(27)23(28)26-20-10-3-2-9-19(20)25/h1-11,14,22H,12-13,15H2,(H,26,28). The first kappa shape index (κ1) is 21.0. The molecule has 1 amide bonds. The molecule has 0 saturated carbocycles. The number of fused-ring (bicyclic) bond motifs is 1. The number of anilines is 2. The lowest BCUT2D eigenvalue weighted by Gasteiger charge is -2.37. The highest BCUT2D eigenvalue weighted by molar-refractivity contribution is 7.92. The van der Waals surface area contributed by atoms with Gasteiger partial charge in [0, 0.05) is 0 Å². The quantitative estimate of drug-likeness (QED) is 0.642. The fraction of sp³-hybridized carbons (Fsp3) is 0.174. The molecule has 0 bridgehead atoms. The van der Waals surface area contributed by atoms with Gasteiger partial charge in [-0.1, -0.05) is 42.5 Å². The van der Waals surface area contributed by atoms with Gasteiger partial charge in [-0.15, -0.1) is 0 Å². The van der Waals surface area contributed by atoms with E-state index in [0.717, 1.165) is 15.9 Å². The Labute approximate surface area is 179 Å². The van der Waals surface area contributed by atoms with Gasteiger partial charge in [0.15, 0.2) is 0 Å². The predicted octanol–water partition coefficient (Wildman–Crippen LogP) is 4.25. The highest BCUT2D eigenvalue weighted by Gasteiger charge is 2.39. The van der Waals surface area contributed by atoms with E-state index in [2.05, 4.69) is 5.32 Å². The van der Waals surface area contributed by atoms with E-state index in [1.54, 1.807) is 24.3 Å². The summed E-state index contributed by atoms with van der Waals surface area (Å²) in [6.45, 7) is 0. The number of sulfonamides is 1. The molecule has 1 N–H and O–H groups in total. The van der Waals surface area contributed by atoms with Crippen molar-refractivity contribution < 1.29 is 22.0 Å². The first-order valence-electron chi connectivity index (χ1n) is 9.75. The molecule has 0 aliphatic carbocycles. The molecule has 0 aromatic heterocycles. The number of rotatable bonds is 5. The summed E-state index contributed by atoms with van der Waals surface area (Å²) in [5, 5.41) is 2.51. The zero-order valence-electron chi connectivity index (χ0n) is 16.5. The molecule has 160 valence electrons. The van der Waals surface area contributed by atoms with Crippen LogP contribution in [-0.2, 0) is 27.0 Å². The molecular formula is C23H20F2N2O3S. The van der Waals surface area contributed by atoms with E-state index >= 15 is 0 Å². The van der Waals surface area contributed by atoms with Crippen molar-refractivity contribution in [2.75, 3.05) is 9.62 Å². The van der Waals surface area contributed by atoms with Gasteiger partial charge in [0.2, 0.25) is 15.9 Å². The Morgan fingerprint density at radius 2 is 1.74 bits per heavy atom. The average molecular weight is 442 g/mol. The zero-order chi connectivity index (χ0) is 22.0. The Bertz CT molecular complexity index is 1230. The minimum absolute atomic E-state index is 0.0196. The normalized spacial score (nSPS) is 15.9. The number of hydrogen-bond acceptors (Lipinski definition) is 3. The largest absolute Gasteiger partial charge is 0.322 e.